The molecule has 6 amide bonds. The van der Waals surface area contributed by atoms with Crippen molar-refractivity contribution in [2.24, 2.45) is 0 Å². The Bertz CT molecular complexity index is 3030. The van der Waals surface area contributed by atoms with E-state index >= 15 is 0 Å². The third-order valence-electron chi connectivity index (χ3n) is 18.9. The Morgan fingerprint density at radius 1 is 0.380 bits per heavy atom. The number of rotatable bonds is 31. The number of carboxylic acids is 2. The number of hydrogen-bond acceptors (Lipinski definition) is 40. The zero-order chi connectivity index (χ0) is 80.6. The summed E-state index contributed by atoms with van der Waals surface area (Å²) in [5, 5.41) is 245. The number of aliphatic hydroxyl groups is 19. The van der Waals surface area contributed by atoms with E-state index < -0.39 is 332 Å². The van der Waals surface area contributed by atoms with Gasteiger partial charge in [0.2, 0.25) is 35.4 Å². The minimum Gasteiger partial charge on any atom is -0.477 e. The van der Waals surface area contributed by atoms with Crippen molar-refractivity contribution in [3.63, 3.8) is 0 Å². The van der Waals surface area contributed by atoms with E-state index in [2.05, 4.69) is 31.9 Å². The van der Waals surface area contributed by atoms with Crippen molar-refractivity contribution in [2.75, 3.05) is 46.2 Å². The number of hydrogen-bond donors (Lipinski definition) is 27. The average Bonchev–Trinajstić information content (AvgIpc) is 0.755. The molecule has 1 unspecified atom stereocenters. The Morgan fingerprint density at radius 2 is 0.694 bits per heavy atom. The first-order valence-corrected chi connectivity index (χ1v) is 33.8. The fourth-order valence-corrected chi connectivity index (χ4v) is 13.7. The number of amides is 6. The molecule has 0 bridgehead atoms. The van der Waals surface area contributed by atoms with Crippen LogP contribution in [0.3, 0.4) is 0 Å². The molecule has 7 aliphatic rings. The smallest absolute Gasteiger partial charge is 0.364 e. The second-order valence-electron chi connectivity index (χ2n) is 26.9. The number of carbonyl (C=O) groups excluding carboxylic acids is 6. The molecule has 0 aromatic heterocycles. The fraction of sp³-hybridized carbons (Fsp3) is 0.867. The summed E-state index contributed by atoms with van der Waals surface area (Å²) in [7, 11) is 0. The van der Waals surface area contributed by atoms with Gasteiger partial charge in [0.15, 0.2) is 31.5 Å². The van der Waals surface area contributed by atoms with Crippen LogP contribution in [0, 0.1) is 0 Å². The molecule has 108 heavy (non-hydrogen) atoms. The van der Waals surface area contributed by atoms with Gasteiger partial charge < -0.3 is 201 Å². The first-order valence-electron chi connectivity index (χ1n) is 33.8. The molecule has 7 aliphatic heterocycles. The molecule has 37 atom stereocenters. The summed E-state index contributed by atoms with van der Waals surface area (Å²) in [5.74, 6) is -16.2. The molecule has 27 N–H and O–H groups in total. The maximum atomic E-state index is 13.3. The number of carbonyl (C=O) groups is 8. The summed E-state index contributed by atoms with van der Waals surface area (Å²) in [5.41, 5.74) is 0. The highest BCUT2D eigenvalue weighted by atomic mass is 16.8. The minimum atomic E-state index is -3.24. The molecular weight excluding hydrogens is 1480 g/mol. The van der Waals surface area contributed by atoms with Gasteiger partial charge in [0.05, 0.1) is 70.5 Å². The summed E-state index contributed by atoms with van der Waals surface area (Å²) >= 11 is 0. The van der Waals surface area contributed by atoms with E-state index in [-0.39, 0.29) is 0 Å². The van der Waals surface area contributed by atoms with Crippen molar-refractivity contribution in [1.82, 2.24) is 31.9 Å². The lowest BCUT2D eigenvalue weighted by Gasteiger charge is -2.52. The average molecular weight is 1580 g/mol. The van der Waals surface area contributed by atoms with Gasteiger partial charge in [-0.05, 0) is 0 Å². The first-order chi connectivity index (χ1) is 50.7. The molecule has 7 rings (SSSR count). The second-order valence-corrected chi connectivity index (χ2v) is 26.9. The zero-order valence-corrected chi connectivity index (χ0v) is 58.5. The molecule has 0 aromatic rings. The molecule has 48 heteroatoms. The number of nitrogens with one attached hydrogen (secondary N) is 6. The van der Waals surface area contributed by atoms with Crippen LogP contribution in [0.5, 0.6) is 0 Å². The SMILES string of the molecule is CC(=O)N[C@H]1[C@H](OC[C@H]2OC(O)[C@@H](O[C@@H]3O[C@H](CO)[C@@H](O[C@@H]4O[C@H](CO)[C@H](O)[C@H](O[C@]5(C(=O)O)C[C@H](O)[C@@H](NC(C)=O)[C@H]([C@H](O)[C@H](O)CO)O5)[C@H]4NC(C)=O)[C@H](O)[C@H]3NC(C)=O)[C@@H](O)[C@@H]2O)O[C@H](CO)[C@@H](O[C@@H]2O[C@H](CO)[C@H](O)[C@H](O[C@]3(C(=O)O)C[C@H](O)[C@@H](NC(C)=O)[C@H]([C@H](O)[C@H](O)CO)O3)[C@H]2NC(C)=O)[C@@H]1O. The number of aliphatic carboxylic acids is 2. The Balaban J connectivity index is 1.08. The van der Waals surface area contributed by atoms with E-state index in [0.717, 1.165) is 41.5 Å². The highest BCUT2D eigenvalue weighted by Crippen LogP contribution is 2.42. The molecule has 0 aliphatic carbocycles. The van der Waals surface area contributed by atoms with Gasteiger partial charge in [-0.25, -0.2) is 9.59 Å². The van der Waals surface area contributed by atoms with Crippen molar-refractivity contribution >= 4 is 47.4 Å². The molecular formula is C60H98N6O42. The zero-order valence-electron chi connectivity index (χ0n) is 58.5. The molecule has 0 aromatic carbocycles. The largest absolute Gasteiger partial charge is 0.477 e. The van der Waals surface area contributed by atoms with E-state index in [0.29, 0.717) is 0 Å². The molecule has 48 nitrogen and oxygen atoms in total. The standard InChI is InChI=1S/C60H98N6O42/c1-16(73)61-31-22(79)7-59(57(92)93,105-47(31)37(83)24(81)9-67)107-49-35(65-20(5)77)55(98-26(11-69)40(49)86)102-45-28(13-71)100-53(33(42(45)88)63-18(3)75)96-15-30-39(85)44(90)51(52(91)97-30)104-54-34(64-19(4)76)43(89)46(29(14-72)101-54)103-56-36(66-21(6)78)50(41(87)27(12-70)99-56)108-60(58(94)95)8-23(80)32(62-17(2)74)48(106-60)38(84)25(82)10-68/h22-56,67-72,79-91H,7-15H2,1-6H3,(H,61,73)(H,62,74)(H,63,75)(H,64,76)(H,65,77)(H,66,78)(H,92,93)(H,94,95)/t22-,23-,24+,25+,26+,27+,28+,29+,30+,31+,32+,33+,34+,35+,36+,37+,38+,39+,40-,41-,42+,43+,44-,45+,46+,47+,48+,49+,50+,51-,52?,53+,54-,55-,56-,59-,60-/m0/s1. The van der Waals surface area contributed by atoms with Gasteiger partial charge in [0.25, 0.3) is 11.6 Å². The van der Waals surface area contributed by atoms with Crippen molar-refractivity contribution in [3.8, 4) is 0 Å². The summed E-state index contributed by atoms with van der Waals surface area (Å²) in [6.45, 7) is -2.31. The Morgan fingerprint density at radius 3 is 1.04 bits per heavy atom. The quantitative estimate of drug-likeness (QED) is 0.0306. The maximum Gasteiger partial charge on any atom is 0.364 e. The van der Waals surface area contributed by atoms with Gasteiger partial charge in [0.1, 0.15) is 158 Å². The third-order valence-corrected chi connectivity index (χ3v) is 18.9. The molecule has 7 fully saturated rings. The van der Waals surface area contributed by atoms with Crippen LogP contribution in [0.2, 0.25) is 0 Å². The highest BCUT2D eigenvalue weighted by molar-refractivity contribution is 5.78. The van der Waals surface area contributed by atoms with Crippen molar-refractivity contribution < 1.29 is 207 Å². The topological polar surface area (TPSA) is 754 Å². The van der Waals surface area contributed by atoms with E-state index in [1.165, 1.54) is 0 Å². The van der Waals surface area contributed by atoms with Crippen LogP contribution < -0.4 is 31.9 Å². The number of carboxylic acid groups (broad SMARTS) is 2. The van der Waals surface area contributed by atoms with E-state index in [1.54, 1.807) is 0 Å². The second kappa shape index (κ2) is 38.3. The summed E-state index contributed by atoms with van der Waals surface area (Å²) in [6, 6.07) is -11.2. The molecule has 0 saturated carbocycles. The molecule has 7 saturated heterocycles. The minimum absolute atomic E-state index is 0.849. The van der Waals surface area contributed by atoms with Crippen LogP contribution in [-0.2, 0) is 99.9 Å². The van der Waals surface area contributed by atoms with E-state index in [1.807, 2.05) is 0 Å². The number of ether oxygens (including phenoxy) is 13. The van der Waals surface area contributed by atoms with Crippen LogP contribution in [0.4, 0.5) is 0 Å². The Kier molecular flexibility index (Phi) is 31.8. The van der Waals surface area contributed by atoms with Crippen LogP contribution in [0.15, 0.2) is 0 Å². The number of aliphatic hydroxyl groups excluding tert-OH is 19. The van der Waals surface area contributed by atoms with Gasteiger partial charge in [0, 0.05) is 54.4 Å². The lowest BCUT2D eigenvalue weighted by Crippen LogP contribution is -2.73. The third kappa shape index (κ3) is 20.3. The first kappa shape index (κ1) is 89.7. The predicted octanol–water partition coefficient (Wildman–Crippen LogP) is -17.0. The van der Waals surface area contributed by atoms with Crippen LogP contribution in [-0.4, -0.2) is 427 Å². The van der Waals surface area contributed by atoms with Gasteiger partial charge in [-0.3, -0.25) is 28.8 Å². The van der Waals surface area contributed by atoms with Gasteiger partial charge in [-0.15, -0.1) is 0 Å². The molecule has 7 heterocycles. The van der Waals surface area contributed by atoms with Crippen LogP contribution >= 0.6 is 0 Å². The molecule has 0 radical (unpaired) electrons. The van der Waals surface area contributed by atoms with Gasteiger partial charge >= 0.3 is 11.9 Å². The van der Waals surface area contributed by atoms with Crippen molar-refractivity contribution in [2.45, 2.75) is 280 Å². The van der Waals surface area contributed by atoms with Crippen molar-refractivity contribution in [1.29, 1.82) is 0 Å². The Labute approximate surface area is 611 Å². The normalized spacial score (nSPS) is 42.7. The van der Waals surface area contributed by atoms with E-state index in [4.69, 9.17) is 61.6 Å². The predicted molar refractivity (Wildman–Crippen MR) is 336 cm³/mol. The van der Waals surface area contributed by atoms with Crippen molar-refractivity contribution in [3.05, 3.63) is 0 Å². The molecule has 0 spiro atoms. The monoisotopic (exact) mass is 1570 g/mol. The summed E-state index contributed by atoms with van der Waals surface area (Å²) in [6.07, 6.45) is -63.5. The molecule has 620 valence electrons. The fourth-order valence-electron chi connectivity index (χ4n) is 13.7. The van der Waals surface area contributed by atoms with E-state index in [9.17, 15) is 146 Å². The van der Waals surface area contributed by atoms with Crippen LogP contribution in [0.1, 0.15) is 54.4 Å². The van der Waals surface area contributed by atoms with Gasteiger partial charge in [-0.2, -0.15) is 0 Å². The maximum absolute atomic E-state index is 13.3. The lowest BCUT2D eigenvalue weighted by atomic mass is 9.88. The summed E-state index contributed by atoms with van der Waals surface area (Å²) in [4.78, 5) is 103. The summed E-state index contributed by atoms with van der Waals surface area (Å²) < 4.78 is 76.4. The van der Waals surface area contributed by atoms with Crippen LogP contribution in [0.25, 0.3) is 0 Å². The Hall–Kier alpha value is -5.52. The lowest BCUT2D eigenvalue weighted by molar-refractivity contribution is -0.377. The van der Waals surface area contributed by atoms with Gasteiger partial charge in [-0.1, -0.05) is 0 Å². The highest BCUT2D eigenvalue weighted by Gasteiger charge is 2.64.